The van der Waals surface area contributed by atoms with Crippen molar-refractivity contribution in [3.05, 3.63) is 77.7 Å². The van der Waals surface area contributed by atoms with Gasteiger partial charge in [-0.05, 0) is 46.7 Å². The molecule has 0 aliphatic heterocycles. The van der Waals surface area contributed by atoms with Crippen molar-refractivity contribution >= 4 is 33.5 Å². The van der Waals surface area contributed by atoms with Gasteiger partial charge < -0.3 is 4.74 Å². The molecule has 0 aliphatic rings. The molecule has 128 valence electrons. The van der Waals surface area contributed by atoms with E-state index < -0.39 is 0 Å². The Hall–Kier alpha value is -3.18. The maximum Gasteiger partial charge on any atom is 0.203 e. The van der Waals surface area contributed by atoms with E-state index in [0.29, 0.717) is 0 Å². The Morgan fingerprint density at radius 1 is 1.00 bits per heavy atom. The van der Waals surface area contributed by atoms with Crippen LogP contribution in [0.4, 0.5) is 5.13 Å². The van der Waals surface area contributed by atoms with Crippen LogP contribution < -0.4 is 10.2 Å². The zero-order chi connectivity index (χ0) is 17.8. The molecule has 0 aliphatic carbocycles. The number of rotatable bonds is 5. The Balaban J connectivity index is 1.45. The first kappa shape index (κ1) is 16.3. The molecule has 26 heavy (non-hydrogen) atoms. The molecule has 4 nitrogen and oxygen atoms in total. The number of hydrogen-bond acceptors (Lipinski definition) is 5. The van der Waals surface area contributed by atoms with Crippen molar-refractivity contribution in [2.24, 2.45) is 5.10 Å². The summed E-state index contributed by atoms with van der Waals surface area (Å²) in [4.78, 5) is 4.57. The normalized spacial score (nSPS) is 11.1. The first-order valence-corrected chi connectivity index (χ1v) is 9.07. The van der Waals surface area contributed by atoms with Gasteiger partial charge >= 0.3 is 0 Å². The predicted octanol–water partition coefficient (Wildman–Crippen LogP) is 5.42. The number of nitrogens with one attached hydrogen (secondary N) is 1. The first-order valence-electron chi connectivity index (χ1n) is 8.20. The third kappa shape index (κ3) is 3.58. The molecule has 4 aromatic rings. The van der Waals surface area contributed by atoms with Crippen molar-refractivity contribution in [3.63, 3.8) is 0 Å². The van der Waals surface area contributed by atoms with Gasteiger partial charge in [-0.2, -0.15) is 5.10 Å². The van der Waals surface area contributed by atoms with E-state index in [1.54, 1.807) is 13.3 Å². The Bertz CT molecular complexity index is 1050. The molecule has 5 heteroatoms. The Kier molecular flexibility index (Phi) is 4.62. The predicted molar refractivity (Wildman–Crippen MR) is 109 cm³/mol. The highest BCUT2D eigenvalue weighted by atomic mass is 32.1. The zero-order valence-corrected chi connectivity index (χ0v) is 15.0. The lowest BCUT2D eigenvalue weighted by Gasteiger charge is -2.00. The molecule has 0 atom stereocenters. The highest BCUT2D eigenvalue weighted by Gasteiger charge is 2.04. The van der Waals surface area contributed by atoms with Crippen molar-refractivity contribution in [2.45, 2.75) is 0 Å². The summed E-state index contributed by atoms with van der Waals surface area (Å²) in [5.41, 5.74) is 6.02. The van der Waals surface area contributed by atoms with Crippen molar-refractivity contribution in [3.8, 4) is 17.0 Å². The molecule has 0 unspecified atom stereocenters. The summed E-state index contributed by atoms with van der Waals surface area (Å²) in [7, 11) is 1.66. The average molecular weight is 359 g/mol. The highest BCUT2D eigenvalue weighted by Crippen LogP contribution is 2.26. The van der Waals surface area contributed by atoms with Gasteiger partial charge in [0, 0.05) is 10.9 Å². The Morgan fingerprint density at radius 2 is 1.81 bits per heavy atom. The van der Waals surface area contributed by atoms with E-state index in [9.17, 15) is 0 Å². The van der Waals surface area contributed by atoms with Crippen LogP contribution in [0.15, 0.2) is 77.2 Å². The number of nitrogens with zero attached hydrogens (tertiary/aromatic N) is 2. The summed E-state index contributed by atoms with van der Waals surface area (Å²) in [6, 6.07) is 22.4. The first-order chi connectivity index (χ1) is 12.8. The molecule has 0 saturated carbocycles. The van der Waals surface area contributed by atoms with Crippen LogP contribution in [0.25, 0.3) is 22.0 Å². The molecule has 0 spiro atoms. The number of ether oxygens (including phenoxy) is 1. The van der Waals surface area contributed by atoms with Gasteiger partial charge in [0.1, 0.15) is 5.75 Å². The van der Waals surface area contributed by atoms with E-state index in [2.05, 4.69) is 45.8 Å². The van der Waals surface area contributed by atoms with Crippen LogP contribution in [-0.4, -0.2) is 18.3 Å². The molecular formula is C21H17N3OS. The molecule has 1 aromatic heterocycles. The Morgan fingerprint density at radius 3 is 2.62 bits per heavy atom. The minimum absolute atomic E-state index is 0.757. The molecule has 1 N–H and O–H groups in total. The number of hydrazone groups is 1. The average Bonchev–Trinajstić information content (AvgIpc) is 3.17. The van der Waals surface area contributed by atoms with E-state index in [4.69, 9.17) is 4.74 Å². The maximum absolute atomic E-state index is 5.18. The quantitative estimate of drug-likeness (QED) is 0.382. The van der Waals surface area contributed by atoms with E-state index in [1.165, 1.54) is 22.1 Å². The second kappa shape index (κ2) is 7.37. The van der Waals surface area contributed by atoms with Crippen LogP contribution >= 0.6 is 11.3 Å². The van der Waals surface area contributed by atoms with Gasteiger partial charge in [0.15, 0.2) is 0 Å². The number of aromatic nitrogens is 1. The van der Waals surface area contributed by atoms with Crippen LogP contribution in [0.2, 0.25) is 0 Å². The SMILES string of the molecule is COc1ccc(-c2csc(N/N=C/c3ccc4ccccc4c3)n2)cc1. The molecule has 0 amide bonds. The van der Waals surface area contributed by atoms with Gasteiger partial charge in [-0.15, -0.1) is 11.3 Å². The third-order valence-electron chi connectivity index (χ3n) is 4.04. The Labute approximate surface area is 155 Å². The summed E-state index contributed by atoms with van der Waals surface area (Å²) in [6.07, 6.45) is 1.81. The minimum Gasteiger partial charge on any atom is -0.497 e. The van der Waals surface area contributed by atoms with Crippen LogP contribution in [0.3, 0.4) is 0 Å². The van der Waals surface area contributed by atoms with Gasteiger partial charge in [-0.3, -0.25) is 5.43 Å². The lowest BCUT2D eigenvalue weighted by molar-refractivity contribution is 0.415. The van der Waals surface area contributed by atoms with E-state index in [-0.39, 0.29) is 0 Å². The number of fused-ring (bicyclic) bond motifs is 1. The van der Waals surface area contributed by atoms with Crippen molar-refractivity contribution in [1.29, 1.82) is 0 Å². The van der Waals surface area contributed by atoms with Crippen LogP contribution in [0.5, 0.6) is 5.75 Å². The molecule has 1 heterocycles. The smallest absolute Gasteiger partial charge is 0.203 e. The maximum atomic E-state index is 5.18. The molecule has 0 bridgehead atoms. The number of methoxy groups -OCH3 is 1. The fourth-order valence-corrected chi connectivity index (χ4v) is 3.34. The second-order valence-corrected chi connectivity index (χ2v) is 6.60. The van der Waals surface area contributed by atoms with Gasteiger partial charge in [0.25, 0.3) is 0 Å². The monoisotopic (exact) mass is 359 g/mol. The third-order valence-corrected chi connectivity index (χ3v) is 4.78. The standard InChI is InChI=1S/C21H17N3OS/c1-25-19-10-8-17(9-11-19)20-14-26-21(23-20)24-22-13-15-6-7-16-4-2-3-5-18(16)12-15/h2-14H,1H3,(H,23,24)/b22-13+. The molecular weight excluding hydrogens is 342 g/mol. The van der Waals surface area contributed by atoms with Gasteiger partial charge in [-0.1, -0.05) is 36.4 Å². The topological polar surface area (TPSA) is 46.5 Å². The fraction of sp³-hybridized carbons (Fsp3) is 0.0476. The van der Waals surface area contributed by atoms with Crippen molar-refractivity contribution < 1.29 is 4.74 Å². The summed E-state index contributed by atoms with van der Waals surface area (Å²) in [5, 5.41) is 9.50. The summed E-state index contributed by atoms with van der Waals surface area (Å²) < 4.78 is 5.18. The van der Waals surface area contributed by atoms with Crippen molar-refractivity contribution in [2.75, 3.05) is 12.5 Å². The molecule has 0 radical (unpaired) electrons. The largest absolute Gasteiger partial charge is 0.497 e. The summed E-state index contributed by atoms with van der Waals surface area (Å²) in [6.45, 7) is 0. The highest BCUT2D eigenvalue weighted by molar-refractivity contribution is 7.14. The van der Waals surface area contributed by atoms with Crippen LogP contribution in [0, 0.1) is 0 Å². The second-order valence-electron chi connectivity index (χ2n) is 5.74. The lowest BCUT2D eigenvalue weighted by Crippen LogP contribution is -1.90. The number of hydrogen-bond donors (Lipinski definition) is 1. The number of anilines is 1. The van der Waals surface area contributed by atoms with Gasteiger partial charge in [-0.25, -0.2) is 4.98 Å². The summed E-state index contributed by atoms with van der Waals surface area (Å²) in [5.74, 6) is 0.835. The number of benzene rings is 3. The van der Waals surface area contributed by atoms with Crippen molar-refractivity contribution in [1.82, 2.24) is 4.98 Å². The zero-order valence-electron chi connectivity index (χ0n) is 14.2. The summed E-state index contributed by atoms with van der Waals surface area (Å²) >= 11 is 1.52. The minimum atomic E-state index is 0.757. The van der Waals surface area contributed by atoms with Gasteiger partial charge in [0.05, 0.1) is 19.0 Å². The molecule has 3 aromatic carbocycles. The van der Waals surface area contributed by atoms with Crippen LogP contribution in [-0.2, 0) is 0 Å². The van der Waals surface area contributed by atoms with E-state index in [0.717, 1.165) is 27.7 Å². The van der Waals surface area contributed by atoms with E-state index >= 15 is 0 Å². The number of thiazole rings is 1. The lowest BCUT2D eigenvalue weighted by atomic mass is 10.1. The van der Waals surface area contributed by atoms with Crippen LogP contribution in [0.1, 0.15) is 5.56 Å². The van der Waals surface area contributed by atoms with E-state index in [1.807, 2.05) is 41.8 Å². The van der Waals surface area contributed by atoms with Gasteiger partial charge in [0.2, 0.25) is 5.13 Å². The molecule has 4 rings (SSSR count). The fourth-order valence-electron chi connectivity index (χ4n) is 2.67. The molecule has 0 fully saturated rings. The molecule has 0 saturated heterocycles.